The number of benzene rings is 2. The van der Waals surface area contributed by atoms with E-state index in [1.165, 1.54) is 13.0 Å². The topological polar surface area (TPSA) is 215 Å². The van der Waals surface area contributed by atoms with Crippen LogP contribution in [-0.2, 0) is 38.1 Å². The summed E-state index contributed by atoms with van der Waals surface area (Å²) in [5.41, 5.74) is -1.23. The van der Waals surface area contributed by atoms with Gasteiger partial charge in [0.2, 0.25) is 23.6 Å². The van der Waals surface area contributed by atoms with Gasteiger partial charge in [-0.3, -0.25) is 24.0 Å². The highest BCUT2D eigenvalue weighted by atomic mass is 16.7. The van der Waals surface area contributed by atoms with Crippen molar-refractivity contribution in [3.8, 4) is 40.1 Å². The summed E-state index contributed by atoms with van der Waals surface area (Å²) in [7, 11) is 0. The van der Waals surface area contributed by atoms with Crippen molar-refractivity contribution in [2.24, 2.45) is 0 Å². The van der Waals surface area contributed by atoms with E-state index in [0.29, 0.717) is 0 Å². The molecule has 15 heteroatoms. The van der Waals surface area contributed by atoms with Gasteiger partial charge in [-0.25, -0.2) is 0 Å². The molecule has 234 valence electrons. The van der Waals surface area contributed by atoms with Crippen molar-refractivity contribution >= 4 is 34.8 Å². The number of ether oxygens (including phenoxy) is 6. The van der Waals surface area contributed by atoms with Crippen molar-refractivity contribution in [1.82, 2.24) is 0 Å². The van der Waals surface area contributed by atoms with Gasteiger partial charge in [-0.2, -0.15) is 0 Å². The van der Waals surface area contributed by atoms with Crippen LogP contribution in [0.4, 0.5) is 0 Å². The summed E-state index contributed by atoms with van der Waals surface area (Å²) >= 11 is 0. The maximum atomic E-state index is 14.1. The fourth-order valence-electron chi connectivity index (χ4n) is 4.63. The van der Waals surface area contributed by atoms with Gasteiger partial charge in [0, 0.05) is 45.4 Å². The molecule has 1 aliphatic rings. The number of carbonyl (C=O) groups is 4. The molecule has 0 amide bonds. The van der Waals surface area contributed by atoms with E-state index in [1.807, 2.05) is 0 Å². The van der Waals surface area contributed by atoms with E-state index in [9.17, 15) is 39.3 Å². The van der Waals surface area contributed by atoms with Crippen molar-refractivity contribution in [3.63, 3.8) is 0 Å². The van der Waals surface area contributed by atoms with Gasteiger partial charge in [-0.05, 0) is 25.1 Å². The summed E-state index contributed by atoms with van der Waals surface area (Å²) in [6, 6.07) is 5.49. The van der Waals surface area contributed by atoms with Crippen LogP contribution in [0, 0.1) is 0 Å². The molecule has 4 rings (SSSR count). The molecule has 0 unspecified atom stereocenters. The van der Waals surface area contributed by atoms with E-state index in [4.69, 9.17) is 32.8 Å². The third kappa shape index (κ3) is 6.67. The second-order valence-electron chi connectivity index (χ2n) is 9.75. The average molecular weight is 617 g/mol. The lowest BCUT2D eigenvalue weighted by Crippen LogP contribution is -2.62. The van der Waals surface area contributed by atoms with Crippen LogP contribution in [0.2, 0.25) is 0 Å². The molecule has 3 aromatic rings. The number of hydrogen-bond donors (Lipinski definition) is 3. The van der Waals surface area contributed by atoms with Gasteiger partial charge in [-0.15, -0.1) is 0 Å². The number of fused-ring (bicyclic) bond motifs is 1. The molecule has 1 aromatic heterocycles. The van der Waals surface area contributed by atoms with Crippen molar-refractivity contribution in [3.05, 3.63) is 40.6 Å². The Morgan fingerprint density at radius 2 is 1.39 bits per heavy atom. The standard InChI is InChI=1S/C29H28O15/c1-11-24(40-13(3)31)27(41-14(4)32)28(42-15(5)33)29(38-11)44-26-23(37)22-20(39-12(2)30)9-17(34)10-21(22)43-25(26)16-6-7-18(35)19(36)8-16/h6-11,24,27-29,34-36H,1-5H3/t11-,24+,27-,28-,29-/m0/s1. The quantitative estimate of drug-likeness (QED) is 0.150. The molecule has 5 atom stereocenters. The van der Waals surface area contributed by atoms with Crippen molar-refractivity contribution < 1.29 is 67.3 Å². The number of aromatic hydroxyl groups is 3. The molecule has 3 N–H and O–H groups in total. The fraction of sp³-hybridized carbons (Fsp3) is 0.345. The normalized spacial score (nSPS) is 21.2. The molecule has 1 fully saturated rings. The highest BCUT2D eigenvalue weighted by Gasteiger charge is 2.52. The molecule has 0 radical (unpaired) electrons. The predicted octanol–water partition coefficient (Wildman–Crippen LogP) is 2.42. The minimum absolute atomic E-state index is 0.00565. The molecule has 0 bridgehead atoms. The van der Waals surface area contributed by atoms with Crippen molar-refractivity contribution in [1.29, 1.82) is 0 Å². The summed E-state index contributed by atoms with van der Waals surface area (Å²) in [4.78, 5) is 61.9. The number of esters is 4. The highest BCUT2D eigenvalue weighted by molar-refractivity contribution is 5.90. The number of rotatable bonds is 7. The first-order valence-electron chi connectivity index (χ1n) is 13.0. The van der Waals surface area contributed by atoms with Crippen LogP contribution in [-0.4, -0.2) is 69.9 Å². The van der Waals surface area contributed by atoms with Crippen LogP contribution in [0.3, 0.4) is 0 Å². The van der Waals surface area contributed by atoms with Crippen LogP contribution >= 0.6 is 0 Å². The summed E-state index contributed by atoms with van der Waals surface area (Å²) in [5, 5.41) is 29.9. The lowest BCUT2D eigenvalue weighted by Gasteiger charge is -2.43. The van der Waals surface area contributed by atoms with Gasteiger partial charge < -0.3 is 48.2 Å². The second kappa shape index (κ2) is 12.5. The maximum absolute atomic E-state index is 14.1. The minimum atomic E-state index is -1.70. The molecule has 0 spiro atoms. The zero-order valence-corrected chi connectivity index (χ0v) is 24.0. The van der Waals surface area contributed by atoms with Gasteiger partial charge in [-0.1, -0.05) is 0 Å². The van der Waals surface area contributed by atoms with Crippen LogP contribution in [0.5, 0.6) is 28.7 Å². The lowest BCUT2D eigenvalue weighted by atomic mass is 9.98. The molecule has 2 heterocycles. The van der Waals surface area contributed by atoms with Gasteiger partial charge >= 0.3 is 23.9 Å². The molecule has 15 nitrogen and oxygen atoms in total. The number of carbonyl (C=O) groups excluding carboxylic acids is 4. The summed E-state index contributed by atoms with van der Waals surface area (Å²) in [6.07, 6.45) is -7.09. The molecular formula is C29H28O15. The minimum Gasteiger partial charge on any atom is -0.508 e. The van der Waals surface area contributed by atoms with E-state index in [2.05, 4.69) is 0 Å². The zero-order chi connectivity index (χ0) is 32.5. The molecular weight excluding hydrogens is 588 g/mol. The van der Waals surface area contributed by atoms with Crippen LogP contribution < -0.4 is 14.9 Å². The summed E-state index contributed by atoms with van der Waals surface area (Å²) in [6.45, 7) is 5.75. The van der Waals surface area contributed by atoms with Gasteiger partial charge in [0.1, 0.15) is 22.5 Å². The smallest absolute Gasteiger partial charge is 0.308 e. The van der Waals surface area contributed by atoms with Gasteiger partial charge in [0.05, 0.1) is 6.10 Å². The Bertz CT molecular complexity index is 1690. The Labute approximate surface area is 248 Å². The average Bonchev–Trinajstić information content (AvgIpc) is 2.90. The van der Waals surface area contributed by atoms with Crippen LogP contribution in [0.15, 0.2) is 39.5 Å². The second-order valence-corrected chi connectivity index (χ2v) is 9.75. The third-order valence-electron chi connectivity index (χ3n) is 6.26. The molecule has 2 aromatic carbocycles. The zero-order valence-electron chi connectivity index (χ0n) is 24.0. The molecule has 1 aliphatic heterocycles. The first kappa shape index (κ1) is 31.6. The van der Waals surface area contributed by atoms with Crippen molar-refractivity contribution in [2.45, 2.75) is 65.3 Å². The monoisotopic (exact) mass is 616 g/mol. The van der Waals surface area contributed by atoms with Gasteiger partial charge in [0.25, 0.3) is 0 Å². The lowest BCUT2D eigenvalue weighted by molar-refractivity contribution is -0.280. The Kier molecular flexibility index (Phi) is 8.99. The Morgan fingerprint density at radius 3 is 1.98 bits per heavy atom. The molecule has 1 saturated heterocycles. The Hall–Kier alpha value is -5.31. The third-order valence-corrected chi connectivity index (χ3v) is 6.26. The van der Waals surface area contributed by atoms with Crippen LogP contribution in [0.1, 0.15) is 34.6 Å². The summed E-state index contributed by atoms with van der Waals surface area (Å²) < 4.78 is 39.0. The van der Waals surface area contributed by atoms with E-state index in [0.717, 1.165) is 52.0 Å². The Morgan fingerprint density at radius 1 is 0.773 bits per heavy atom. The van der Waals surface area contributed by atoms with E-state index in [-0.39, 0.29) is 28.0 Å². The van der Waals surface area contributed by atoms with E-state index < -0.39 is 83.0 Å². The van der Waals surface area contributed by atoms with Gasteiger partial charge in [0.15, 0.2) is 29.5 Å². The Balaban J connectivity index is 1.96. The maximum Gasteiger partial charge on any atom is 0.308 e. The SMILES string of the molecule is CC(=O)Oc1cc(O)cc2oc(-c3ccc(O)c(O)c3)c(O[C@@H]3O[C@@H](C)[C@@H](OC(C)=O)[C@H](OC(C)=O)[C@@H]3OC(C)=O)c(=O)c12. The number of phenolic OH excluding ortho intramolecular Hbond substituents is 3. The molecule has 0 aliphatic carbocycles. The number of phenols is 3. The van der Waals surface area contributed by atoms with Crippen LogP contribution in [0.25, 0.3) is 22.3 Å². The van der Waals surface area contributed by atoms with E-state index >= 15 is 0 Å². The highest BCUT2D eigenvalue weighted by Crippen LogP contribution is 2.40. The largest absolute Gasteiger partial charge is 0.508 e. The summed E-state index contributed by atoms with van der Waals surface area (Å²) in [5.74, 6) is -6.15. The molecule has 0 saturated carbocycles. The van der Waals surface area contributed by atoms with Crippen molar-refractivity contribution in [2.75, 3.05) is 0 Å². The van der Waals surface area contributed by atoms with E-state index in [1.54, 1.807) is 0 Å². The number of hydrogen-bond acceptors (Lipinski definition) is 15. The molecule has 44 heavy (non-hydrogen) atoms. The fourth-order valence-corrected chi connectivity index (χ4v) is 4.63. The first-order valence-corrected chi connectivity index (χ1v) is 13.0. The first-order chi connectivity index (χ1) is 20.7. The predicted molar refractivity (Wildman–Crippen MR) is 146 cm³/mol.